The Morgan fingerprint density at radius 1 is 1.15 bits per heavy atom. The van der Waals surface area contributed by atoms with Gasteiger partial charge in [-0.3, -0.25) is 9.59 Å². The van der Waals surface area contributed by atoms with Crippen LogP contribution in [-0.4, -0.2) is 32.8 Å². The van der Waals surface area contributed by atoms with Gasteiger partial charge in [0.1, 0.15) is 0 Å². The summed E-state index contributed by atoms with van der Waals surface area (Å²) < 4.78 is 26.9. The second-order valence-electron chi connectivity index (χ2n) is 7.44. The molecule has 2 unspecified atom stereocenters. The third kappa shape index (κ3) is 7.30. The van der Waals surface area contributed by atoms with Gasteiger partial charge in [0.2, 0.25) is 21.8 Å². The van der Waals surface area contributed by atoms with Crippen LogP contribution in [0.1, 0.15) is 44.7 Å². The molecule has 2 amide bonds. The molecule has 0 aromatic heterocycles. The van der Waals surface area contributed by atoms with E-state index >= 15 is 0 Å². The number of carbonyl (C=O) groups is 2. The fraction of sp³-hybridized carbons (Fsp3) is 0.579. The fourth-order valence-corrected chi connectivity index (χ4v) is 4.37. The first-order chi connectivity index (χ1) is 12.7. The normalized spacial score (nSPS) is 19.0. The predicted octanol–water partition coefficient (Wildman–Crippen LogP) is 1.29. The molecule has 0 bridgehead atoms. The molecule has 150 valence electrons. The largest absolute Gasteiger partial charge is 0.355 e. The first kappa shape index (κ1) is 21.4. The van der Waals surface area contributed by atoms with Crippen molar-refractivity contribution in [2.24, 2.45) is 11.8 Å². The topological polar surface area (TPSA) is 104 Å². The fourth-order valence-electron chi connectivity index (χ4n) is 2.88. The van der Waals surface area contributed by atoms with E-state index in [1.165, 1.54) is 0 Å². The molecule has 1 aromatic rings. The molecule has 2 rings (SSSR count). The average Bonchev–Trinajstić information content (AvgIpc) is 3.29. The number of hydrogen-bond donors (Lipinski definition) is 3. The van der Waals surface area contributed by atoms with Crippen molar-refractivity contribution in [2.75, 3.05) is 6.54 Å². The molecule has 2 atom stereocenters. The Bertz CT molecular complexity index is 777. The lowest BCUT2D eigenvalue weighted by Gasteiger charge is -2.13. The third-order valence-corrected chi connectivity index (χ3v) is 5.97. The average molecular weight is 396 g/mol. The van der Waals surface area contributed by atoms with E-state index in [2.05, 4.69) is 15.4 Å². The molecule has 1 aliphatic rings. The van der Waals surface area contributed by atoms with Crippen LogP contribution in [0.25, 0.3) is 0 Å². The Morgan fingerprint density at radius 2 is 1.78 bits per heavy atom. The van der Waals surface area contributed by atoms with Crippen LogP contribution in [0.5, 0.6) is 0 Å². The van der Waals surface area contributed by atoms with Crippen molar-refractivity contribution in [1.82, 2.24) is 15.4 Å². The second kappa shape index (κ2) is 9.32. The summed E-state index contributed by atoms with van der Waals surface area (Å²) in [5, 5.41) is 5.57. The second-order valence-corrected chi connectivity index (χ2v) is 9.19. The van der Waals surface area contributed by atoms with Gasteiger partial charge in [0.15, 0.2) is 0 Å². The molecule has 1 saturated carbocycles. The van der Waals surface area contributed by atoms with Crippen molar-refractivity contribution in [1.29, 1.82) is 0 Å². The quantitative estimate of drug-likeness (QED) is 0.555. The van der Waals surface area contributed by atoms with Gasteiger partial charge in [0.25, 0.3) is 0 Å². The van der Waals surface area contributed by atoms with Crippen LogP contribution < -0.4 is 15.4 Å². The van der Waals surface area contributed by atoms with Gasteiger partial charge in [-0.1, -0.05) is 31.2 Å². The molecular formula is C19H29N3O4S. The molecule has 0 radical (unpaired) electrons. The molecule has 0 heterocycles. The lowest BCUT2D eigenvalue weighted by Crippen LogP contribution is -2.32. The molecule has 3 N–H and O–H groups in total. The Balaban J connectivity index is 1.81. The minimum absolute atomic E-state index is 0.0171. The van der Waals surface area contributed by atoms with Crippen LogP contribution in [0.4, 0.5) is 0 Å². The highest BCUT2D eigenvalue weighted by Gasteiger charge is 2.38. The minimum Gasteiger partial charge on any atom is -0.355 e. The maximum atomic E-state index is 12.2. The lowest BCUT2D eigenvalue weighted by atomic mass is 10.1. The summed E-state index contributed by atoms with van der Waals surface area (Å²) >= 11 is 0. The molecule has 0 aliphatic heterocycles. The minimum atomic E-state index is -3.44. The van der Waals surface area contributed by atoms with Gasteiger partial charge in [-0.15, -0.1) is 0 Å². The van der Waals surface area contributed by atoms with E-state index in [4.69, 9.17) is 0 Å². The number of rotatable bonds is 10. The summed E-state index contributed by atoms with van der Waals surface area (Å²) in [4.78, 5) is 23.7. The van der Waals surface area contributed by atoms with E-state index in [1.54, 1.807) is 32.0 Å². The van der Waals surface area contributed by atoms with Crippen LogP contribution in [0.15, 0.2) is 24.3 Å². The van der Waals surface area contributed by atoms with E-state index in [-0.39, 0.29) is 42.5 Å². The highest BCUT2D eigenvalue weighted by Crippen LogP contribution is 2.37. The molecule has 8 heteroatoms. The molecule has 0 saturated heterocycles. The lowest BCUT2D eigenvalue weighted by molar-refractivity contribution is -0.123. The maximum Gasteiger partial charge on any atom is 0.223 e. The Hall–Kier alpha value is -1.93. The zero-order valence-corrected chi connectivity index (χ0v) is 16.9. The summed E-state index contributed by atoms with van der Waals surface area (Å²) in [5.74, 6) is 0.242. The first-order valence-electron chi connectivity index (χ1n) is 9.29. The van der Waals surface area contributed by atoms with Gasteiger partial charge in [-0.2, -0.15) is 0 Å². The monoisotopic (exact) mass is 395 g/mol. The zero-order valence-electron chi connectivity index (χ0n) is 16.1. The van der Waals surface area contributed by atoms with Crippen LogP contribution in [0.2, 0.25) is 0 Å². The summed E-state index contributed by atoms with van der Waals surface area (Å²) in [7, 11) is -3.44. The smallest absolute Gasteiger partial charge is 0.223 e. The summed E-state index contributed by atoms with van der Waals surface area (Å²) in [6.07, 6.45) is 1.12. The van der Waals surface area contributed by atoms with Crippen molar-refractivity contribution in [2.45, 2.75) is 52.0 Å². The van der Waals surface area contributed by atoms with E-state index in [9.17, 15) is 18.0 Å². The molecule has 0 spiro atoms. The van der Waals surface area contributed by atoms with Gasteiger partial charge in [0.05, 0.1) is 5.75 Å². The number of nitrogens with one attached hydrogen (secondary N) is 3. The number of sulfonamides is 1. The van der Waals surface area contributed by atoms with Crippen molar-refractivity contribution in [3.05, 3.63) is 35.4 Å². The molecule has 1 aliphatic carbocycles. The Morgan fingerprint density at radius 3 is 2.37 bits per heavy atom. The van der Waals surface area contributed by atoms with Gasteiger partial charge in [-0.05, 0) is 37.3 Å². The zero-order chi connectivity index (χ0) is 20.0. The first-order valence-corrected chi connectivity index (χ1v) is 10.9. The molecular weight excluding hydrogens is 366 g/mol. The van der Waals surface area contributed by atoms with Crippen LogP contribution >= 0.6 is 0 Å². The number of hydrogen-bond acceptors (Lipinski definition) is 4. The van der Waals surface area contributed by atoms with E-state index in [1.807, 2.05) is 13.0 Å². The van der Waals surface area contributed by atoms with Crippen LogP contribution in [-0.2, 0) is 31.9 Å². The third-order valence-electron chi connectivity index (χ3n) is 4.45. The van der Waals surface area contributed by atoms with Crippen molar-refractivity contribution in [3.8, 4) is 0 Å². The summed E-state index contributed by atoms with van der Waals surface area (Å²) in [6.45, 7) is 6.13. The SMILES string of the molecule is CC(C)NS(=O)(=O)Cc1ccccc1CNC(=O)CCNC(=O)C1CC1C. The van der Waals surface area contributed by atoms with E-state index in [0.29, 0.717) is 18.0 Å². The summed E-state index contributed by atoms with van der Waals surface area (Å²) in [6, 6.07) is 6.97. The predicted molar refractivity (Wildman–Crippen MR) is 104 cm³/mol. The van der Waals surface area contributed by atoms with Gasteiger partial charge >= 0.3 is 0 Å². The number of amides is 2. The van der Waals surface area contributed by atoms with Crippen LogP contribution in [0.3, 0.4) is 0 Å². The van der Waals surface area contributed by atoms with Crippen molar-refractivity contribution < 1.29 is 18.0 Å². The summed E-state index contributed by atoms with van der Waals surface area (Å²) in [5.41, 5.74) is 1.41. The van der Waals surface area contributed by atoms with Gasteiger partial charge in [-0.25, -0.2) is 13.1 Å². The molecule has 1 fully saturated rings. The number of carbonyl (C=O) groups excluding carboxylic acids is 2. The number of benzene rings is 1. The Labute approximate surface area is 161 Å². The maximum absolute atomic E-state index is 12.2. The van der Waals surface area contributed by atoms with E-state index < -0.39 is 10.0 Å². The molecule has 27 heavy (non-hydrogen) atoms. The Kier molecular flexibility index (Phi) is 7.38. The highest BCUT2D eigenvalue weighted by atomic mass is 32.2. The standard InChI is InChI=1S/C19H29N3O4S/c1-13(2)22-27(25,26)12-16-7-5-4-6-15(16)11-21-18(23)8-9-20-19(24)17-10-14(17)3/h4-7,13-14,17,22H,8-12H2,1-3H3,(H,20,24)(H,21,23). The van der Waals surface area contributed by atoms with Crippen molar-refractivity contribution in [3.63, 3.8) is 0 Å². The van der Waals surface area contributed by atoms with Gasteiger partial charge < -0.3 is 10.6 Å². The van der Waals surface area contributed by atoms with Gasteiger partial charge in [0, 0.05) is 31.5 Å². The molecule has 7 nitrogen and oxygen atoms in total. The van der Waals surface area contributed by atoms with Crippen molar-refractivity contribution >= 4 is 21.8 Å². The molecule has 1 aromatic carbocycles. The van der Waals surface area contributed by atoms with E-state index in [0.717, 1.165) is 12.0 Å². The highest BCUT2D eigenvalue weighted by molar-refractivity contribution is 7.88. The van der Waals surface area contributed by atoms with Crippen LogP contribution in [0, 0.1) is 11.8 Å².